The Kier molecular flexibility index (Phi) is 5.87. The van der Waals surface area contributed by atoms with E-state index in [0.717, 1.165) is 0 Å². The minimum Gasteiger partial charge on any atom is -0.373 e. The topological polar surface area (TPSA) is 83.8 Å². The van der Waals surface area contributed by atoms with Gasteiger partial charge in [0.25, 0.3) is 0 Å². The summed E-state index contributed by atoms with van der Waals surface area (Å²) >= 11 is 0. The minimum absolute atomic E-state index is 0. The molecular formula is CH3O5PW. The summed E-state index contributed by atoms with van der Waals surface area (Å²) in [7, 11) is -4.53. The van der Waals surface area contributed by atoms with Gasteiger partial charge in [0.2, 0.25) is 0 Å². The third-order valence-electron chi connectivity index (χ3n) is 0.180. The van der Waals surface area contributed by atoms with Gasteiger partial charge in [0.1, 0.15) is 0 Å². The van der Waals surface area contributed by atoms with Gasteiger partial charge >= 0.3 is 14.3 Å². The van der Waals surface area contributed by atoms with Crippen molar-refractivity contribution < 1.29 is 44.7 Å². The average molecular weight is 310 g/mol. The molecule has 0 aromatic carbocycles. The standard InChI is InChI=1S/CH3O5P.W/c2-1-6-7(3,4)5;/h1H,(H2,3,4,5);. The van der Waals surface area contributed by atoms with Gasteiger partial charge < -0.3 is 4.52 Å². The van der Waals surface area contributed by atoms with E-state index < -0.39 is 7.82 Å². The van der Waals surface area contributed by atoms with Crippen molar-refractivity contribution >= 4 is 14.3 Å². The van der Waals surface area contributed by atoms with Gasteiger partial charge in [-0.25, -0.2) is 4.57 Å². The van der Waals surface area contributed by atoms with E-state index in [4.69, 9.17) is 14.6 Å². The van der Waals surface area contributed by atoms with Gasteiger partial charge in [-0.3, -0.25) is 14.6 Å². The molecular weight excluding hydrogens is 307 g/mol. The Morgan fingerprint density at radius 2 is 1.88 bits per heavy atom. The van der Waals surface area contributed by atoms with Gasteiger partial charge in [-0.1, -0.05) is 0 Å². The second-order valence-electron chi connectivity index (χ2n) is 0.692. The summed E-state index contributed by atoms with van der Waals surface area (Å²) in [6.07, 6.45) is 0. The smallest absolute Gasteiger partial charge is 0.373 e. The number of phosphoric acid groups is 1. The molecule has 0 heterocycles. The normalized spacial score (nSPS) is 9.25. The van der Waals surface area contributed by atoms with Crippen molar-refractivity contribution in [1.29, 1.82) is 0 Å². The van der Waals surface area contributed by atoms with Crippen LogP contribution in [0.3, 0.4) is 0 Å². The summed E-state index contributed by atoms with van der Waals surface area (Å²) in [5.41, 5.74) is 0. The van der Waals surface area contributed by atoms with Crippen LogP contribution >= 0.6 is 7.82 Å². The van der Waals surface area contributed by atoms with Crippen molar-refractivity contribution in [2.24, 2.45) is 0 Å². The quantitative estimate of drug-likeness (QED) is 0.518. The van der Waals surface area contributed by atoms with E-state index in [1.54, 1.807) is 0 Å². The molecule has 2 N–H and O–H groups in total. The van der Waals surface area contributed by atoms with Crippen LogP contribution in [0.2, 0.25) is 0 Å². The molecule has 8 heavy (non-hydrogen) atoms. The maximum Gasteiger partial charge on any atom is 0.526 e. The second kappa shape index (κ2) is 4.21. The summed E-state index contributed by atoms with van der Waals surface area (Å²) in [6.45, 7) is -0.305. The van der Waals surface area contributed by atoms with Crippen molar-refractivity contribution in [3.63, 3.8) is 0 Å². The Bertz CT molecular complexity index is 105. The van der Waals surface area contributed by atoms with Crippen LogP contribution in [0.25, 0.3) is 0 Å². The van der Waals surface area contributed by atoms with E-state index in [1.165, 1.54) is 0 Å². The summed E-state index contributed by atoms with van der Waals surface area (Å²) in [5, 5.41) is 0. The van der Waals surface area contributed by atoms with E-state index in [2.05, 4.69) is 4.52 Å². The van der Waals surface area contributed by atoms with E-state index in [9.17, 15) is 4.57 Å². The molecule has 0 aromatic heterocycles. The second-order valence-corrected chi connectivity index (χ2v) is 1.88. The fraction of sp³-hybridized carbons (Fsp3) is 0. The molecule has 0 aromatic rings. The van der Waals surface area contributed by atoms with Crippen LogP contribution in [0.5, 0.6) is 0 Å². The van der Waals surface area contributed by atoms with E-state index in [-0.39, 0.29) is 27.5 Å². The Morgan fingerprint density at radius 3 is 1.88 bits per heavy atom. The van der Waals surface area contributed by atoms with Crippen LogP contribution in [0.1, 0.15) is 0 Å². The molecule has 48 valence electrons. The molecule has 0 aliphatic carbocycles. The first-order valence-electron chi connectivity index (χ1n) is 1.24. The number of hydrogen-bond donors (Lipinski definition) is 2. The predicted octanol–water partition coefficient (Wildman–Crippen LogP) is -0.750. The summed E-state index contributed by atoms with van der Waals surface area (Å²) < 4.78 is 12.7. The van der Waals surface area contributed by atoms with Crippen molar-refractivity contribution in [2.75, 3.05) is 0 Å². The van der Waals surface area contributed by atoms with Crippen molar-refractivity contribution in [2.45, 2.75) is 0 Å². The fourth-order valence-corrected chi connectivity index (χ4v) is 0.168. The molecule has 7 heteroatoms. The van der Waals surface area contributed by atoms with Gasteiger partial charge in [0.15, 0.2) is 0 Å². The van der Waals surface area contributed by atoms with Gasteiger partial charge in [0, 0.05) is 21.1 Å². The van der Waals surface area contributed by atoms with Crippen LogP contribution in [0.4, 0.5) is 0 Å². The van der Waals surface area contributed by atoms with Crippen LogP contribution in [-0.4, -0.2) is 16.3 Å². The first kappa shape index (κ1) is 11.2. The van der Waals surface area contributed by atoms with E-state index in [0.29, 0.717) is 0 Å². The summed E-state index contributed by atoms with van der Waals surface area (Å²) in [4.78, 5) is 24.5. The molecule has 0 rings (SSSR count). The van der Waals surface area contributed by atoms with Crippen molar-refractivity contribution in [1.82, 2.24) is 0 Å². The van der Waals surface area contributed by atoms with Crippen LogP contribution in [-0.2, 0) is 34.9 Å². The van der Waals surface area contributed by atoms with Crippen LogP contribution in [0.15, 0.2) is 0 Å². The zero-order valence-electron chi connectivity index (χ0n) is 3.55. The van der Waals surface area contributed by atoms with Crippen molar-refractivity contribution in [3.05, 3.63) is 0 Å². The molecule has 0 saturated heterocycles. The number of rotatable bonds is 2. The largest absolute Gasteiger partial charge is 0.526 e. The monoisotopic (exact) mass is 310 g/mol. The molecule has 0 amide bonds. The first-order valence-corrected chi connectivity index (χ1v) is 2.77. The molecule has 0 radical (unpaired) electrons. The Labute approximate surface area is 59.5 Å². The predicted molar refractivity (Wildman–Crippen MR) is 19.2 cm³/mol. The maximum atomic E-state index is 9.47. The maximum absolute atomic E-state index is 9.47. The number of phosphoric ester groups is 1. The number of carbonyl (C=O) groups excluding carboxylic acids is 1. The molecule has 0 fully saturated rings. The average Bonchev–Trinajstić information content (AvgIpc) is 1.30. The Balaban J connectivity index is 0. The minimum atomic E-state index is -4.53. The number of hydrogen-bond acceptors (Lipinski definition) is 3. The van der Waals surface area contributed by atoms with Gasteiger partial charge in [-0.15, -0.1) is 0 Å². The van der Waals surface area contributed by atoms with Gasteiger partial charge in [-0.05, 0) is 0 Å². The number of carbonyl (C=O) groups is 1. The first-order chi connectivity index (χ1) is 3.06. The molecule has 5 nitrogen and oxygen atoms in total. The molecule has 0 saturated carbocycles. The fourth-order valence-electron chi connectivity index (χ4n) is 0.0561. The third kappa shape index (κ3) is 9.58. The third-order valence-corrected chi connectivity index (χ3v) is 0.541. The zero-order chi connectivity index (χ0) is 5.91. The summed E-state index contributed by atoms with van der Waals surface area (Å²) in [5.74, 6) is 0. The Morgan fingerprint density at radius 1 is 1.50 bits per heavy atom. The van der Waals surface area contributed by atoms with E-state index in [1.807, 2.05) is 0 Å². The molecule has 0 aliphatic heterocycles. The zero-order valence-corrected chi connectivity index (χ0v) is 7.38. The molecule has 0 unspecified atom stereocenters. The molecule has 0 bridgehead atoms. The van der Waals surface area contributed by atoms with Crippen LogP contribution in [0, 0.1) is 0 Å². The van der Waals surface area contributed by atoms with Gasteiger partial charge in [-0.2, -0.15) is 0 Å². The molecule has 0 atom stereocenters. The Hall–Kier alpha value is 0.308. The summed E-state index contributed by atoms with van der Waals surface area (Å²) in [6, 6.07) is 0. The van der Waals surface area contributed by atoms with E-state index >= 15 is 0 Å². The SMILES string of the molecule is O=COP(=O)(O)O.[W]. The molecule has 0 aliphatic rings. The van der Waals surface area contributed by atoms with Gasteiger partial charge in [0.05, 0.1) is 0 Å². The molecule has 0 spiro atoms. The van der Waals surface area contributed by atoms with Crippen LogP contribution < -0.4 is 0 Å². The van der Waals surface area contributed by atoms with Crippen molar-refractivity contribution in [3.8, 4) is 0 Å².